The van der Waals surface area contributed by atoms with Gasteiger partial charge in [-0.05, 0) is 67.1 Å². The lowest BCUT2D eigenvalue weighted by molar-refractivity contribution is 0.592. The molecule has 0 saturated carbocycles. The lowest BCUT2D eigenvalue weighted by Crippen LogP contribution is -2.27. The molecule has 0 saturated heterocycles. The van der Waals surface area contributed by atoms with Crippen LogP contribution in [0.2, 0.25) is 0 Å². The van der Waals surface area contributed by atoms with E-state index in [-0.39, 0.29) is 0 Å². The quantitative estimate of drug-likeness (QED) is 0.164. The summed E-state index contributed by atoms with van der Waals surface area (Å²) in [6, 6.07) is 74.0. The molecular weight excluding hydrogens is 736 g/mol. The van der Waals surface area contributed by atoms with Gasteiger partial charge < -0.3 is 4.57 Å². The predicted molar refractivity (Wildman–Crippen MR) is 244 cm³/mol. The molecule has 2 aliphatic carbocycles. The van der Waals surface area contributed by atoms with Gasteiger partial charge in [0.05, 0.1) is 16.8 Å². The fourth-order valence-corrected chi connectivity index (χ4v) is 12.5. The zero-order valence-corrected chi connectivity index (χ0v) is 32.9. The summed E-state index contributed by atoms with van der Waals surface area (Å²) in [4.78, 5) is 11.1. The average molecular weight is 771 g/mol. The van der Waals surface area contributed by atoms with Gasteiger partial charge >= 0.3 is 0 Å². The minimum atomic E-state index is -3.34. The van der Waals surface area contributed by atoms with E-state index in [1.165, 1.54) is 27.8 Å². The van der Waals surface area contributed by atoms with Gasteiger partial charge in [0.25, 0.3) is 0 Å². The van der Waals surface area contributed by atoms with E-state index < -0.39 is 12.6 Å². The molecule has 59 heavy (non-hydrogen) atoms. The number of fused-ring (bicyclic) bond motifs is 12. The Morgan fingerprint density at radius 1 is 0.373 bits per heavy atom. The Bertz CT molecular complexity index is 3240. The highest BCUT2D eigenvalue weighted by molar-refractivity contribution is 7.85. The Kier molecular flexibility index (Phi) is 7.42. The Labute approximate surface area is 342 Å². The molecule has 0 atom stereocenters. The molecule has 0 aliphatic heterocycles. The molecule has 0 amide bonds. The topological polar surface area (TPSA) is 42.9 Å². The van der Waals surface area contributed by atoms with E-state index in [0.29, 0.717) is 5.82 Å². The lowest BCUT2D eigenvalue weighted by atomic mass is 9.72. The molecule has 3 nitrogen and oxygen atoms in total. The number of benzene rings is 9. The van der Waals surface area contributed by atoms with E-state index in [2.05, 4.69) is 158 Å². The fourth-order valence-electron chi connectivity index (χ4n) is 9.87. The molecule has 0 unspecified atom stereocenters. The molecule has 1 aromatic heterocycles. The van der Waals surface area contributed by atoms with E-state index in [9.17, 15) is 0 Å². The van der Waals surface area contributed by atoms with Crippen LogP contribution in [-0.2, 0) is 9.98 Å². The summed E-state index contributed by atoms with van der Waals surface area (Å²) in [6.07, 6.45) is 0. The molecular formula is C55H35N2OP. The van der Waals surface area contributed by atoms with Crippen LogP contribution in [0.4, 0.5) is 0 Å². The SMILES string of the molecule is O=P(c1ccc(-c2nc(-c3ccccc3)c3c(n2)C2(c4ccccc4-c4ccccc42)c2ccccc2-3)cc1)(c1ccc2ccccc2c1)c1ccc2ccccc2c1. The maximum absolute atomic E-state index is 16.0. The summed E-state index contributed by atoms with van der Waals surface area (Å²) in [6.45, 7) is 0. The van der Waals surface area contributed by atoms with Gasteiger partial charge in [-0.2, -0.15) is 0 Å². The average Bonchev–Trinajstić information content (AvgIpc) is 3.78. The van der Waals surface area contributed by atoms with Crippen molar-refractivity contribution in [2.24, 2.45) is 0 Å². The van der Waals surface area contributed by atoms with E-state index in [1.807, 2.05) is 54.6 Å². The third-order valence-electron chi connectivity index (χ3n) is 12.5. The molecule has 2 aliphatic rings. The molecule has 0 N–H and O–H groups in total. The summed E-state index contributed by atoms with van der Waals surface area (Å²) in [5.41, 5.74) is 11.5. The standard InChI is InChI=1S/C55H35N2OP/c58-59(43-32-26-36-14-4-6-18-40(36)34-43,44-33-27-37-15-5-7-19-41(37)35-44)42-30-28-39(29-31-42)54-56-52(38-16-2-1-3-17-38)51-47-22-10-13-25-50(47)55(53(51)57-54)48-23-11-8-20-45(48)46-21-9-12-24-49(46)55/h1-35H. The summed E-state index contributed by atoms with van der Waals surface area (Å²) >= 11 is 0. The summed E-state index contributed by atoms with van der Waals surface area (Å²) in [7, 11) is -3.34. The highest BCUT2D eigenvalue weighted by Gasteiger charge is 2.54. The first-order chi connectivity index (χ1) is 29.1. The van der Waals surface area contributed by atoms with Crippen LogP contribution in [0, 0.1) is 0 Å². The minimum Gasteiger partial charge on any atom is -0.309 e. The number of aromatic nitrogens is 2. The summed E-state index contributed by atoms with van der Waals surface area (Å²) < 4.78 is 16.0. The first kappa shape index (κ1) is 33.9. The van der Waals surface area contributed by atoms with Crippen LogP contribution >= 0.6 is 7.14 Å². The summed E-state index contributed by atoms with van der Waals surface area (Å²) in [5.74, 6) is 0.634. The summed E-state index contributed by atoms with van der Waals surface area (Å²) in [5, 5.41) is 6.73. The molecule has 0 radical (unpaired) electrons. The Morgan fingerprint density at radius 3 is 1.41 bits per heavy atom. The molecule has 9 aromatic carbocycles. The number of rotatable bonds is 5. The van der Waals surface area contributed by atoms with Gasteiger partial charge in [0.1, 0.15) is 0 Å². The van der Waals surface area contributed by atoms with Gasteiger partial charge in [0.15, 0.2) is 13.0 Å². The zero-order valence-electron chi connectivity index (χ0n) is 32.0. The van der Waals surface area contributed by atoms with Crippen LogP contribution in [0.15, 0.2) is 212 Å². The van der Waals surface area contributed by atoms with E-state index in [0.717, 1.165) is 71.1 Å². The van der Waals surface area contributed by atoms with Gasteiger partial charge in [-0.15, -0.1) is 0 Å². The second kappa shape index (κ2) is 12.9. The van der Waals surface area contributed by atoms with Crippen LogP contribution in [0.1, 0.15) is 22.4 Å². The third kappa shape index (κ3) is 4.86. The Balaban J connectivity index is 1.09. The minimum absolute atomic E-state index is 0.623. The first-order valence-corrected chi connectivity index (χ1v) is 21.8. The van der Waals surface area contributed by atoms with Crippen molar-refractivity contribution in [2.75, 3.05) is 0 Å². The third-order valence-corrected chi connectivity index (χ3v) is 15.6. The normalized spacial score (nSPS) is 13.3. The van der Waals surface area contributed by atoms with Gasteiger partial charge in [0, 0.05) is 32.6 Å². The van der Waals surface area contributed by atoms with Crippen LogP contribution in [-0.4, -0.2) is 9.97 Å². The van der Waals surface area contributed by atoms with Gasteiger partial charge in [-0.3, -0.25) is 0 Å². The predicted octanol–water partition coefficient (Wildman–Crippen LogP) is 12.1. The fraction of sp³-hybridized carbons (Fsp3) is 0.0182. The van der Waals surface area contributed by atoms with Crippen molar-refractivity contribution in [2.45, 2.75) is 5.41 Å². The van der Waals surface area contributed by atoms with E-state index in [1.54, 1.807) is 0 Å². The first-order valence-electron chi connectivity index (χ1n) is 20.1. The molecule has 4 heteroatoms. The monoisotopic (exact) mass is 770 g/mol. The van der Waals surface area contributed by atoms with Crippen molar-refractivity contribution in [3.05, 3.63) is 235 Å². The van der Waals surface area contributed by atoms with Gasteiger partial charge in [-0.25, -0.2) is 9.97 Å². The molecule has 0 fully saturated rings. The molecule has 10 aromatic rings. The van der Waals surface area contributed by atoms with Crippen LogP contribution in [0.3, 0.4) is 0 Å². The van der Waals surface area contributed by atoms with Gasteiger partial charge in [0.2, 0.25) is 0 Å². The molecule has 12 rings (SSSR count). The largest absolute Gasteiger partial charge is 0.309 e. The van der Waals surface area contributed by atoms with Crippen molar-refractivity contribution in [3.8, 4) is 44.9 Å². The van der Waals surface area contributed by atoms with E-state index >= 15 is 4.57 Å². The smallest absolute Gasteiger partial charge is 0.171 e. The highest BCUT2D eigenvalue weighted by atomic mass is 31.2. The second-order valence-electron chi connectivity index (χ2n) is 15.6. The lowest BCUT2D eigenvalue weighted by Gasteiger charge is -2.29. The molecule has 0 bridgehead atoms. The Hall–Kier alpha value is -7.19. The van der Waals surface area contributed by atoms with Crippen molar-refractivity contribution >= 4 is 44.6 Å². The molecule has 1 spiro atoms. The van der Waals surface area contributed by atoms with Crippen molar-refractivity contribution < 1.29 is 4.57 Å². The highest BCUT2D eigenvalue weighted by Crippen LogP contribution is 2.63. The van der Waals surface area contributed by atoms with Gasteiger partial charge in [-0.1, -0.05) is 200 Å². The van der Waals surface area contributed by atoms with Crippen LogP contribution in [0.5, 0.6) is 0 Å². The zero-order chi connectivity index (χ0) is 39.1. The van der Waals surface area contributed by atoms with Crippen LogP contribution < -0.4 is 15.9 Å². The Morgan fingerprint density at radius 2 is 0.831 bits per heavy atom. The van der Waals surface area contributed by atoms with Crippen molar-refractivity contribution in [1.82, 2.24) is 9.97 Å². The van der Waals surface area contributed by atoms with Crippen LogP contribution in [0.25, 0.3) is 66.4 Å². The number of hydrogen-bond acceptors (Lipinski definition) is 3. The second-order valence-corrected chi connectivity index (χ2v) is 18.4. The maximum atomic E-state index is 16.0. The van der Waals surface area contributed by atoms with Crippen molar-refractivity contribution in [1.29, 1.82) is 0 Å². The van der Waals surface area contributed by atoms with E-state index in [4.69, 9.17) is 9.97 Å². The maximum Gasteiger partial charge on any atom is 0.171 e. The molecule has 276 valence electrons. The van der Waals surface area contributed by atoms with Crippen molar-refractivity contribution in [3.63, 3.8) is 0 Å². The number of nitrogens with zero attached hydrogens (tertiary/aromatic N) is 2. The number of hydrogen-bond donors (Lipinski definition) is 0. The molecule has 1 heterocycles.